The Morgan fingerprint density at radius 2 is 2.08 bits per heavy atom. The number of halogens is 1. The van der Waals surface area contributed by atoms with E-state index in [9.17, 15) is 14.0 Å². The number of nitrogens with zero attached hydrogens (tertiary/aromatic N) is 4. The van der Waals surface area contributed by atoms with Crippen LogP contribution in [0.4, 0.5) is 15.1 Å². The van der Waals surface area contributed by atoms with Crippen molar-refractivity contribution in [2.24, 2.45) is 4.99 Å². The molecule has 1 saturated heterocycles. The highest BCUT2D eigenvalue weighted by molar-refractivity contribution is 6.18. The number of aromatic amines is 1. The lowest BCUT2D eigenvalue weighted by atomic mass is 10.1. The van der Waals surface area contributed by atoms with E-state index in [1.165, 1.54) is 11.0 Å². The van der Waals surface area contributed by atoms with Crippen LogP contribution in [-0.2, 0) is 11.3 Å². The summed E-state index contributed by atoms with van der Waals surface area (Å²) in [6, 6.07) is 4.89. The van der Waals surface area contributed by atoms with E-state index in [1.54, 1.807) is 36.0 Å². The highest BCUT2D eigenvalue weighted by Gasteiger charge is 2.52. The molecule has 8 heteroatoms. The highest BCUT2D eigenvalue weighted by atomic mass is 19.1. The second-order valence-corrected chi connectivity index (χ2v) is 5.90. The Kier molecular flexibility index (Phi) is 3.02. The van der Waals surface area contributed by atoms with Crippen molar-refractivity contribution in [1.29, 1.82) is 0 Å². The zero-order chi connectivity index (χ0) is 17.0. The number of fused-ring (bicyclic) bond motifs is 3. The Labute approximate surface area is 137 Å². The Bertz CT molecular complexity index is 904. The van der Waals surface area contributed by atoms with Crippen molar-refractivity contribution in [2.75, 3.05) is 7.05 Å². The van der Waals surface area contributed by atoms with Gasteiger partial charge in [0.1, 0.15) is 17.7 Å². The first kappa shape index (κ1) is 14.6. The highest BCUT2D eigenvalue weighted by Crippen LogP contribution is 2.28. The number of hydrogen-bond donors (Lipinski definition) is 1. The van der Waals surface area contributed by atoms with Gasteiger partial charge in [0.25, 0.3) is 5.91 Å². The number of nitrogens with one attached hydrogen (secondary N) is 1. The van der Waals surface area contributed by atoms with Crippen LogP contribution < -0.4 is 4.57 Å². The molecule has 0 radical (unpaired) electrons. The third kappa shape index (κ3) is 1.96. The Hall–Kier alpha value is -3.03. The van der Waals surface area contributed by atoms with E-state index in [4.69, 9.17) is 0 Å². The van der Waals surface area contributed by atoms with Crippen LogP contribution in [0.25, 0.3) is 0 Å². The van der Waals surface area contributed by atoms with Gasteiger partial charge in [-0.15, -0.1) is 0 Å². The average Bonchev–Trinajstić information content (AvgIpc) is 3.07. The molecule has 3 heterocycles. The molecule has 1 aromatic heterocycles. The number of H-pyrrole nitrogens is 1. The molecule has 1 atom stereocenters. The molecule has 0 saturated carbocycles. The average molecular weight is 328 g/mol. The summed E-state index contributed by atoms with van der Waals surface area (Å²) in [5, 5.41) is 0. The maximum atomic E-state index is 13.9. The number of likely N-dealkylation sites (N-methyl/N-ethyl adjacent to an activating group) is 1. The molecule has 2 aromatic rings. The second kappa shape index (κ2) is 4.98. The molecule has 2 aliphatic rings. The number of imide groups is 1. The molecular formula is C16H15FN5O2+. The fourth-order valence-corrected chi connectivity index (χ4v) is 3.07. The quantitative estimate of drug-likeness (QED) is 0.847. The molecule has 1 fully saturated rings. The predicted octanol–water partition coefficient (Wildman–Crippen LogP) is 1.43. The Morgan fingerprint density at radius 3 is 2.83 bits per heavy atom. The Balaban J connectivity index is 1.73. The van der Waals surface area contributed by atoms with Gasteiger partial charge in [-0.05, 0) is 13.0 Å². The number of aryl methyl sites for hydroxylation is 1. The maximum absolute atomic E-state index is 13.9. The molecule has 3 amide bonds. The summed E-state index contributed by atoms with van der Waals surface area (Å²) in [6.07, 6.45) is 1.78. The monoisotopic (exact) mass is 328 g/mol. The van der Waals surface area contributed by atoms with Crippen molar-refractivity contribution in [3.63, 3.8) is 0 Å². The van der Waals surface area contributed by atoms with Crippen LogP contribution in [0.1, 0.15) is 17.3 Å². The molecule has 122 valence electrons. The third-order valence-electron chi connectivity index (χ3n) is 4.28. The zero-order valence-corrected chi connectivity index (χ0v) is 13.2. The number of urea groups is 1. The van der Waals surface area contributed by atoms with Crippen LogP contribution in [0.5, 0.6) is 0 Å². The van der Waals surface area contributed by atoms with Crippen molar-refractivity contribution < 1.29 is 18.5 Å². The molecule has 2 aliphatic heterocycles. The van der Waals surface area contributed by atoms with Crippen molar-refractivity contribution in [3.8, 4) is 0 Å². The second-order valence-electron chi connectivity index (χ2n) is 5.90. The lowest BCUT2D eigenvalue weighted by molar-refractivity contribution is -0.676. The van der Waals surface area contributed by atoms with Gasteiger partial charge in [-0.1, -0.05) is 23.2 Å². The van der Waals surface area contributed by atoms with E-state index in [1.807, 2.05) is 6.92 Å². The van der Waals surface area contributed by atoms with E-state index in [-0.39, 0.29) is 6.54 Å². The summed E-state index contributed by atoms with van der Waals surface area (Å²) < 4.78 is 15.6. The molecule has 1 unspecified atom stereocenters. The first-order valence-electron chi connectivity index (χ1n) is 7.49. The van der Waals surface area contributed by atoms with Crippen LogP contribution in [-0.4, -0.2) is 39.6 Å². The zero-order valence-electron chi connectivity index (χ0n) is 13.2. The number of carbonyl (C=O) groups excluding carboxylic acids is 2. The van der Waals surface area contributed by atoms with Crippen molar-refractivity contribution in [2.45, 2.75) is 19.5 Å². The minimum absolute atomic E-state index is 0.113. The van der Waals surface area contributed by atoms with Gasteiger partial charge in [0.2, 0.25) is 11.9 Å². The lowest BCUT2D eigenvalue weighted by Crippen LogP contribution is -2.62. The first-order chi connectivity index (χ1) is 11.5. The fraction of sp³-hybridized carbons (Fsp3) is 0.250. The molecule has 0 aliphatic carbocycles. The summed E-state index contributed by atoms with van der Waals surface area (Å²) in [4.78, 5) is 35.2. The SMILES string of the molecule is Cc1c[n+]2c([nH]1)N=C1C2C(=O)N(Cc2ccccc2F)C(=O)N1C. The summed E-state index contributed by atoms with van der Waals surface area (Å²) in [5.74, 6) is 0.0367. The van der Waals surface area contributed by atoms with Crippen LogP contribution >= 0.6 is 0 Å². The van der Waals surface area contributed by atoms with E-state index in [2.05, 4.69) is 9.98 Å². The van der Waals surface area contributed by atoms with Gasteiger partial charge in [-0.2, -0.15) is 0 Å². The van der Waals surface area contributed by atoms with Gasteiger partial charge < -0.3 is 0 Å². The number of carbonyl (C=O) groups is 2. The molecular weight excluding hydrogens is 313 g/mol. The number of rotatable bonds is 2. The van der Waals surface area contributed by atoms with Gasteiger partial charge in [0, 0.05) is 12.6 Å². The molecule has 0 spiro atoms. The van der Waals surface area contributed by atoms with E-state index >= 15 is 0 Å². The fourth-order valence-electron chi connectivity index (χ4n) is 3.07. The van der Waals surface area contributed by atoms with Crippen LogP contribution in [0, 0.1) is 12.7 Å². The number of amides is 3. The van der Waals surface area contributed by atoms with E-state index < -0.39 is 23.8 Å². The van der Waals surface area contributed by atoms with E-state index in [0.29, 0.717) is 17.3 Å². The predicted molar refractivity (Wildman–Crippen MR) is 82.0 cm³/mol. The van der Waals surface area contributed by atoms with Crippen molar-refractivity contribution >= 4 is 23.7 Å². The number of amidine groups is 1. The maximum Gasteiger partial charge on any atom is 0.399 e. The largest absolute Gasteiger partial charge is 0.399 e. The van der Waals surface area contributed by atoms with Gasteiger partial charge in [-0.25, -0.2) is 18.7 Å². The topological polar surface area (TPSA) is 72.6 Å². The first-order valence-corrected chi connectivity index (χ1v) is 7.49. The van der Waals surface area contributed by atoms with Gasteiger partial charge in [-0.3, -0.25) is 14.6 Å². The summed E-state index contributed by atoms with van der Waals surface area (Å²) >= 11 is 0. The lowest BCUT2D eigenvalue weighted by Gasteiger charge is -2.33. The van der Waals surface area contributed by atoms with Gasteiger partial charge in [0.15, 0.2) is 0 Å². The summed E-state index contributed by atoms with van der Waals surface area (Å²) in [5.41, 5.74) is 1.15. The van der Waals surface area contributed by atoms with Crippen LogP contribution in [0.2, 0.25) is 0 Å². The smallest absolute Gasteiger partial charge is 0.270 e. The van der Waals surface area contributed by atoms with Crippen LogP contribution in [0.3, 0.4) is 0 Å². The molecule has 1 aromatic carbocycles. The minimum Gasteiger partial charge on any atom is -0.270 e. The molecule has 4 rings (SSSR count). The van der Waals surface area contributed by atoms with Crippen LogP contribution in [0.15, 0.2) is 35.5 Å². The normalized spacial score (nSPS) is 19.5. The Morgan fingerprint density at radius 1 is 1.33 bits per heavy atom. The molecule has 24 heavy (non-hydrogen) atoms. The van der Waals surface area contributed by atoms with Crippen molar-refractivity contribution in [3.05, 3.63) is 47.5 Å². The van der Waals surface area contributed by atoms with Gasteiger partial charge >= 0.3 is 12.0 Å². The minimum atomic E-state index is -0.709. The molecule has 7 nitrogen and oxygen atoms in total. The standard InChI is InChI=1S/C16H14FN5O2/c1-9-7-21-12-13(19-15(21)18-9)20(2)16(24)22(14(12)23)8-10-5-3-4-6-11(10)17/h3-7,12H,8H2,1-2H3/p+1. The number of aliphatic imine (C=N–C) groups is 1. The number of benzene rings is 1. The third-order valence-corrected chi connectivity index (χ3v) is 4.28. The number of imidazole rings is 1. The molecule has 1 N–H and O–H groups in total. The van der Waals surface area contributed by atoms with Gasteiger partial charge in [0.05, 0.1) is 6.54 Å². The number of hydrogen-bond acceptors (Lipinski definition) is 3. The summed E-state index contributed by atoms with van der Waals surface area (Å²) in [7, 11) is 1.56. The van der Waals surface area contributed by atoms with Crippen molar-refractivity contribution in [1.82, 2.24) is 14.8 Å². The molecule has 0 bridgehead atoms. The number of aromatic nitrogens is 2. The summed E-state index contributed by atoms with van der Waals surface area (Å²) in [6.45, 7) is 1.75. The van der Waals surface area contributed by atoms with E-state index in [0.717, 1.165) is 10.6 Å².